The standard InChI is InChI=1S/C40H44N2S2/c1-3-5-7-9-15-25-41-31-21-13-11-19-29(31)35-38(34-24-18-28-44-34)40-36(37(39(35)41)33-23-17-27-43-33)30-20-12-14-22-32(30)42(40)26-16-10-8-6-4-2/h11-14,17-24,27-28H,3-10,15-16,25-26H2,1-2H3. The molecule has 4 heterocycles. The average Bonchev–Trinajstić information content (AvgIpc) is 3.87. The number of benzene rings is 3. The van der Waals surface area contributed by atoms with Crippen LogP contribution in [-0.4, -0.2) is 9.13 Å². The summed E-state index contributed by atoms with van der Waals surface area (Å²) in [6, 6.07) is 27.6. The van der Waals surface area contributed by atoms with Crippen LogP contribution in [0.3, 0.4) is 0 Å². The molecule has 0 spiro atoms. The Morgan fingerprint density at radius 1 is 0.477 bits per heavy atom. The van der Waals surface area contributed by atoms with Gasteiger partial charge in [0.1, 0.15) is 0 Å². The summed E-state index contributed by atoms with van der Waals surface area (Å²) >= 11 is 3.77. The van der Waals surface area contributed by atoms with Crippen molar-refractivity contribution in [3.63, 3.8) is 0 Å². The summed E-state index contributed by atoms with van der Waals surface area (Å²) in [5, 5.41) is 10.2. The third-order valence-electron chi connectivity index (χ3n) is 9.42. The first-order chi connectivity index (χ1) is 21.8. The maximum atomic E-state index is 2.69. The summed E-state index contributed by atoms with van der Waals surface area (Å²) < 4.78 is 5.39. The smallest absolute Gasteiger partial charge is 0.0593 e. The number of thiophene rings is 2. The third kappa shape index (κ3) is 5.20. The van der Waals surface area contributed by atoms with Crippen molar-refractivity contribution in [3.8, 4) is 20.9 Å². The number of hydrogen-bond donors (Lipinski definition) is 0. The highest BCUT2D eigenvalue weighted by Crippen LogP contribution is 2.52. The van der Waals surface area contributed by atoms with Gasteiger partial charge in [-0.15, -0.1) is 22.7 Å². The molecule has 0 atom stereocenters. The van der Waals surface area contributed by atoms with Crippen LogP contribution in [0.2, 0.25) is 0 Å². The fourth-order valence-electron chi connectivity index (χ4n) is 7.40. The second-order valence-corrected chi connectivity index (χ2v) is 14.2. The van der Waals surface area contributed by atoms with E-state index in [2.05, 4.69) is 107 Å². The molecule has 0 unspecified atom stereocenters. The van der Waals surface area contributed by atoms with Gasteiger partial charge < -0.3 is 9.13 Å². The molecule has 0 amide bonds. The van der Waals surface area contributed by atoms with Crippen LogP contribution in [0.1, 0.15) is 78.1 Å². The van der Waals surface area contributed by atoms with E-state index in [1.165, 1.54) is 129 Å². The highest BCUT2D eigenvalue weighted by Gasteiger charge is 2.28. The predicted octanol–water partition coefficient (Wildman–Crippen LogP) is 13.3. The lowest BCUT2D eigenvalue weighted by Crippen LogP contribution is -2.02. The molecule has 2 nitrogen and oxygen atoms in total. The van der Waals surface area contributed by atoms with E-state index in [0.29, 0.717) is 0 Å². The van der Waals surface area contributed by atoms with Crippen LogP contribution < -0.4 is 0 Å². The van der Waals surface area contributed by atoms with Crippen LogP contribution in [0.25, 0.3) is 64.5 Å². The molecule has 0 saturated carbocycles. The van der Waals surface area contributed by atoms with Crippen molar-refractivity contribution >= 4 is 66.3 Å². The lowest BCUT2D eigenvalue weighted by Gasteiger charge is -2.17. The fraction of sp³-hybridized carbons (Fsp3) is 0.350. The van der Waals surface area contributed by atoms with Crippen molar-refractivity contribution in [1.29, 1.82) is 0 Å². The number of hydrogen-bond acceptors (Lipinski definition) is 2. The second-order valence-electron chi connectivity index (χ2n) is 12.3. The number of unbranched alkanes of at least 4 members (excludes halogenated alkanes) is 8. The Bertz CT molecular complexity index is 1840. The lowest BCUT2D eigenvalue weighted by atomic mass is 9.95. The van der Waals surface area contributed by atoms with Crippen LogP contribution in [0.5, 0.6) is 0 Å². The Hall–Kier alpha value is -3.34. The molecule has 0 aliphatic heterocycles. The molecular weight excluding hydrogens is 573 g/mol. The molecule has 0 N–H and O–H groups in total. The van der Waals surface area contributed by atoms with Crippen molar-refractivity contribution in [2.45, 2.75) is 91.1 Å². The molecule has 0 bridgehead atoms. The minimum absolute atomic E-state index is 1.05. The second kappa shape index (κ2) is 13.3. The van der Waals surface area contributed by atoms with Crippen LogP contribution in [0.15, 0.2) is 83.6 Å². The van der Waals surface area contributed by atoms with Gasteiger partial charge in [-0.2, -0.15) is 0 Å². The van der Waals surface area contributed by atoms with E-state index in [-0.39, 0.29) is 0 Å². The molecule has 3 aromatic carbocycles. The summed E-state index contributed by atoms with van der Waals surface area (Å²) in [5.74, 6) is 0. The van der Waals surface area contributed by atoms with E-state index in [1.807, 2.05) is 22.7 Å². The fourth-order valence-corrected chi connectivity index (χ4v) is 8.96. The zero-order chi connectivity index (χ0) is 29.9. The first-order valence-corrected chi connectivity index (χ1v) is 18.6. The zero-order valence-electron chi connectivity index (χ0n) is 26.3. The molecule has 0 aliphatic rings. The van der Waals surface area contributed by atoms with Gasteiger partial charge in [0.15, 0.2) is 0 Å². The van der Waals surface area contributed by atoms with Gasteiger partial charge in [-0.25, -0.2) is 0 Å². The van der Waals surface area contributed by atoms with E-state index in [1.54, 1.807) is 0 Å². The Kier molecular flexibility index (Phi) is 8.91. The number of aromatic nitrogens is 2. The van der Waals surface area contributed by atoms with Crippen molar-refractivity contribution in [2.24, 2.45) is 0 Å². The highest BCUT2D eigenvalue weighted by molar-refractivity contribution is 7.14. The van der Waals surface area contributed by atoms with Gasteiger partial charge in [0.05, 0.1) is 11.0 Å². The van der Waals surface area contributed by atoms with E-state index in [4.69, 9.17) is 0 Å². The number of rotatable bonds is 14. The van der Waals surface area contributed by atoms with Gasteiger partial charge in [0, 0.05) is 66.5 Å². The molecule has 7 rings (SSSR count). The van der Waals surface area contributed by atoms with Crippen molar-refractivity contribution in [3.05, 3.63) is 83.6 Å². The Morgan fingerprint density at radius 2 is 0.909 bits per heavy atom. The normalized spacial score (nSPS) is 12.0. The minimum atomic E-state index is 1.05. The van der Waals surface area contributed by atoms with Gasteiger partial charge in [0.25, 0.3) is 0 Å². The molecule has 7 aromatic rings. The Balaban J connectivity index is 1.60. The molecule has 226 valence electrons. The van der Waals surface area contributed by atoms with E-state index >= 15 is 0 Å². The summed E-state index contributed by atoms with van der Waals surface area (Å²) in [7, 11) is 0. The van der Waals surface area contributed by atoms with Crippen LogP contribution in [0, 0.1) is 0 Å². The topological polar surface area (TPSA) is 9.86 Å². The molecule has 0 saturated heterocycles. The lowest BCUT2D eigenvalue weighted by molar-refractivity contribution is 0.584. The minimum Gasteiger partial charge on any atom is -0.340 e. The number of nitrogens with zero attached hydrogens (tertiary/aromatic N) is 2. The first kappa shape index (κ1) is 29.4. The number of fused-ring (bicyclic) bond motifs is 6. The monoisotopic (exact) mass is 616 g/mol. The quantitative estimate of drug-likeness (QED) is 0.108. The summed E-state index contributed by atoms with van der Waals surface area (Å²) in [6.45, 7) is 6.72. The van der Waals surface area contributed by atoms with Crippen LogP contribution >= 0.6 is 22.7 Å². The zero-order valence-corrected chi connectivity index (χ0v) is 27.9. The predicted molar refractivity (Wildman–Crippen MR) is 197 cm³/mol. The average molecular weight is 617 g/mol. The van der Waals surface area contributed by atoms with Gasteiger partial charge in [0.2, 0.25) is 0 Å². The third-order valence-corrected chi connectivity index (χ3v) is 11.2. The maximum Gasteiger partial charge on any atom is 0.0593 e. The highest BCUT2D eigenvalue weighted by atomic mass is 32.1. The number of para-hydroxylation sites is 2. The van der Waals surface area contributed by atoms with Crippen LogP contribution in [0.4, 0.5) is 0 Å². The van der Waals surface area contributed by atoms with Crippen molar-refractivity contribution in [2.75, 3.05) is 0 Å². The molecule has 44 heavy (non-hydrogen) atoms. The molecule has 0 radical (unpaired) electrons. The summed E-state index contributed by atoms with van der Waals surface area (Å²) in [6.07, 6.45) is 12.9. The molecular formula is C40H44N2S2. The molecule has 0 fully saturated rings. The van der Waals surface area contributed by atoms with Crippen molar-refractivity contribution < 1.29 is 0 Å². The van der Waals surface area contributed by atoms with Crippen LogP contribution in [-0.2, 0) is 13.1 Å². The number of aryl methyl sites for hydroxylation is 2. The van der Waals surface area contributed by atoms with Gasteiger partial charge in [-0.1, -0.05) is 114 Å². The Labute approximate surface area is 270 Å². The first-order valence-electron chi connectivity index (χ1n) is 16.9. The van der Waals surface area contributed by atoms with E-state index in [9.17, 15) is 0 Å². The summed E-state index contributed by atoms with van der Waals surface area (Å²) in [5.41, 5.74) is 8.44. The van der Waals surface area contributed by atoms with Gasteiger partial charge >= 0.3 is 0 Å². The molecule has 4 heteroatoms. The summed E-state index contributed by atoms with van der Waals surface area (Å²) in [4.78, 5) is 2.75. The Morgan fingerprint density at radius 3 is 1.32 bits per heavy atom. The van der Waals surface area contributed by atoms with Crippen molar-refractivity contribution in [1.82, 2.24) is 9.13 Å². The van der Waals surface area contributed by atoms with Gasteiger partial charge in [-0.3, -0.25) is 0 Å². The van der Waals surface area contributed by atoms with E-state index in [0.717, 1.165) is 13.1 Å². The molecule has 4 aromatic heterocycles. The van der Waals surface area contributed by atoms with Gasteiger partial charge in [-0.05, 0) is 47.9 Å². The SMILES string of the molecule is CCCCCCCn1c2ccccc2c2c(-c3cccs3)c3c(c(-c4cccs4)c21)c1ccccc1n3CCCCCCC. The maximum absolute atomic E-state index is 2.69. The van der Waals surface area contributed by atoms with E-state index < -0.39 is 0 Å². The largest absolute Gasteiger partial charge is 0.340 e. The molecule has 0 aliphatic carbocycles.